The van der Waals surface area contributed by atoms with Crippen molar-refractivity contribution in [2.45, 2.75) is 36.9 Å². The highest BCUT2D eigenvalue weighted by Crippen LogP contribution is 2.21. The second-order valence-electron chi connectivity index (χ2n) is 5.21. The summed E-state index contributed by atoms with van der Waals surface area (Å²) in [5.41, 5.74) is 0. The summed E-state index contributed by atoms with van der Waals surface area (Å²) in [6, 6.07) is 4.04. The van der Waals surface area contributed by atoms with Crippen molar-refractivity contribution in [2.24, 2.45) is 0 Å². The molecule has 1 aromatic rings. The van der Waals surface area contributed by atoms with E-state index in [-0.39, 0.29) is 0 Å². The van der Waals surface area contributed by atoms with Crippen LogP contribution in [0.25, 0.3) is 0 Å². The minimum absolute atomic E-state index is 0.403. The zero-order valence-corrected chi connectivity index (χ0v) is 15.0. The Hall–Kier alpha value is -0.470. The fourth-order valence-electron chi connectivity index (χ4n) is 1.84. The Labute approximate surface area is 132 Å². The Morgan fingerprint density at radius 2 is 2.05 bits per heavy atom. The van der Waals surface area contributed by atoms with Crippen LogP contribution in [0.1, 0.15) is 25.1 Å². The first-order valence-corrected chi connectivity index (χ1v) is 9.64. The zero-order valence-electron chi connectivity index (χ0n) is 13.3. The molecule has 1 unspecified atom stereocenters. The second-order valence-corrected chi connectivity index (χ2v) is 8.37. The van der Waals surface area contributed by atoms with E-state index in [0.29, 0.717) is 23.3 Å². The first kappa shape index (κ1) is 18.6. The monoisotopic (exact) mass is 333 g/mol. The molecule has 0 aliphatic rings. The van der Waals surface area contributed by atoms with Crippen molar-refractivity contribution in [3.8, 4) is 0 Å². The third-order valence-corrected chi connectivity index (χ3v) is 6.72. The molecule has 0 radical (unpaired) electrons. The highest BCUT2D eigenvalue weighted by atomic mass is 32.2. The molecule has 7 heteroatoms. The molecule has 1 atom stereocenters. The Bertz CT molecular complexity index is 514. The van der Waals surface area contributed by atoms with E-state index in [1.807, 2.05) is 20.2 Å². The molecule has 2 N–H and O–H groups in total. The highest BCUT2D eigenvalue weighted by Gasteiger charge is 2.17. The smallest absolute Gasteiger partial charge is 0.250 e. The van der Waals surface area contributed by atoms with Crippen LogP contribution in [0.5, 0.6) is 0 Å². The van der Waals surface area contributed by atoms with Crippen molar-refractivity contribution in [3.05, 3.63) is 17.0 Å². The maximum Gasteiger partial charge on any atom is 0.250 e. The summed E-state index contributed by atoms with van der Waals surface area (Å²) in [6.45, 7) is 6.28. The average Bonchev–Trinajstić information content (AvgIpc) is 2.93. The van der Waals surface area contributed by atoms with Crippen LogP contribution < -0.4 is 10.0 Å². The average molecular weight is 334 g/mol. The summed E-state index contributed by atoms with van der Waals surface area (Å²) in [4.78, 5) is 3.25. The van der Waals surface area contributed by atoms with Crippen molar-refractivity contribution in [1.29, 1.82) is 0 Å². The largest absolute Gasteiger partial charge is 0.319 e. The van der Waals surface area contributed by atoms with Crippen LogP contribution in [0.15, 0.2) is 16.3 Å². The van der Waals surface area contributed by atoms with E-state index in [1.165, 1.54) is 11.3 Å². The fraction of sp³-hybridized carbons (Fsp3) is 0.714. The lowest BCUT2D eigenvalue weighted by molar-refractivity contribution is 0.256. The highest BCUT2D eigenvalue weighted by molar-refractivity contribution is 7.91. The van der Waals surface area contributed by atoms with Gasteiger partial charge in [-0.1, -0.05) is 6.92 Å². The standard InChI is InChI=1S/C14H27N3O2S2/c1-5-12(2)17(4)11-10-16-21(18,19)14-7-6-13(20-14)8-9-15-3/h6-7,12,15-16H,5,8-11H2,1-4H3. The lowest BCUT2D eigenvalue weighted by Crippen LogP contribution is -2.36. The van der Waals surface area contributed by atoms with Crippen LogP contribution in [0.4, 0.5) is 0 Å². The summed E-state index contributed by atoms with van der Waals surface area (Å²) in [5.74, 6) is 0. The third-order valence-electron chi connectivity index (χ3n) is 3.62. The van der Waals surface area contributed by atoms with E-state index < -0.39 is 10.0 Å². The van der Waals surface area contributed by atoms with Gasteiger partial charge in [-0.15, -0.1) is 11.3 Å². The molecule has 0 bridgehead atoms. The number of hydrogen-bond acceptors (Lipinski definition) is 5. The molecule has 21 heavy (non-hydrogen) atoms. The van der Waals surface area contributed by atoms with Gasteiger partial charge in [0, 0.05) is 24.0 Å². The molecular formula is C14H27N3O2S2. The lowest BCUT2D eigenvalue weighted by atomic mass is 10.2. The van der Waals surface area contributed by atoms with Crippen LogP contribution in [-0.2, 0) is 16.4 Å². The SMILES string of the molecule is CCC(C)N(C)CCNS(=O)(=O)c1ccc(CCNC)s1. The van der Waals surface area contributed by atoms with Crippen molar-refractivity contribution < 1.29 is 8.42 Å². The minimum Gasteiger partial charge on any atom is -0.319 e. The van der Waals surface area contributed by atoms with Gasteiger partial charge in [0.05, 0.1) is 0 Å². The van der Waals surface area contributed by atoms with Gasteiger partial charge in [-0.2, -0.15) is 0 Å². The molecule has 1 heterocycles. The lowest BCUT2D eigenvalue weighted by Gasteiger charge is -2.23. The predicted octanol–water partition coefficient (Wildman–Crippen LogP) is 1.52. The summed E-state index contributed by atoms with van der Waals surface area (Å²) in [5, 5.41) is 3.06. The number of likely N-dealkylation sites (N-methyl/N-ethyl adjacent to an activating group) is 2. The van der Waals surface area contributed by atoms with Crippen LogP contribution >= 0.6 is 11.3 Å². The van der Waals surface area contributed by atoms with Gasteiger partial charge in [-0.3, -0.25) is 0 Å². The molecule has 0 amide bonds. The Balaban J connectivity index is 2.51. The molecule has 5 nitrogen and oxygen atoms in total. The Morgan fingerprint density at radius 1 is 1.33 bits per heavy atom. The molecule has 0 saturated carbocycles. The van der Waals surface area contributed by atoms with Gasteiger partial charge >= 0.3 is 0 Å². The summed E-state index contributed by atoms with van der Waals surface area (Å²) < 4.78 is 27.5. The van der Waals surface area contributed by atoms with Gasteiger partial charge in [0.1, 0.15) is 4.21 Å². The number of rotatable bonds is 10. The summed E-state index contributed by atoms with van der Waals surface area (Å²) in [6.07, 6.45) is 1.91. The van der Waals surface area contributed by atoms with Gasteiger partial charge in [0.15, 0.2) is 0 Å². The first-order valence-electron chi connectivity index (χ1n) is 7.34. The summed E-state index contributed by atoms with van der Waals surface area (Å²) >= 11 is 1.35. The van der Waals surface area contributed by atoms with Gasteiger partial charge < -0.3 is 10.2 Å². The van der Waals surface area contributed by atoms with Crippen LogP contribution in [-0.4, -0.2) is 53.1 Å². The molecule has 0 fully saturated rings. The minimum atomic E-state index is -3.37. The van der Waals surface area contributed by atoms with Crippen molar-refractivity contribution >= 4 is 21.4 Å². The van der Waals surface area contributed by atoms with Crippen LogP contribution in [0.2, 0.25) is 0 Å². The molecule has 0 aliphatic heterocycles. The molecule has 122 valence electrons. The Morgan fingerprint density at radius 3 is 2.67 bits per heavy atom. The normalized spacial score (nSPS) is 13.8. The van der Waals surface area contributed by atoms with E-state index >= 15 is 0 Å². The number of hydrogen-bond donors (Lipinski definition) is 2. The van der Waals surface area contributed by atoms with E-state index in [9.17, 15) is 8.42 Å². The number of nitrogens with zero attached hydrogens (tertiary/aromatic N) is 1. The predicted molar refractivity (Wildman–Crippen MR) is 89.5 cm³/mol. The topological polar surface area (TPSA) is 61.4 Å². The molecule has 0 aliphatic carbocycles. The molecular weight excluding hydrogens is 306 g/mol. The maximum absolute atomic E-state index is 12.2. The number of thiophene rings is 1. The third kappa shape index (κ3) is 6.04. The van der Waals surface area contributed by atoms with Gasteiger partial charge in [0.2, 0.25) is 10.0 Å². The van der Waals surface area contributed by atoms with Crippen molar-refractivity contribution in [2.75, 3.05) is 33.7 Å². The van der Waals surface area contributed by atoms with E-state index in [4.69, 9.17) is 0 Å². The zero-order chi connectivity index (χ0) is 15.9. The van der Waals surface area contributed by atoms with Crippen LogP contribution in [0, 0.1) is 0 Å². The van der Waals surface area contributed by atoms with E-state index in [2.05, 4.69) is 28.8 Å². The van der Waals surface area contributed by atoms with Gasteiger partial charge in [-0.05, 0) is 52.5 Å². The Kier molecular flexibility index (Phi) is 7.83. The van der Waals surface area contributed by atoms with Gasteiger partial charge in [0.25, 0.3) is 0 Å². The molecule has 0 saturated heterocycles. The van der Waals surface area contributed by atoms with Gasteiger partial charge in [-0.25, -0.2) is 13.1 Å². The van der Waals surface area contributed by atoms with Crippen molar-refractivity contribution in [1.82, 2.24) is 14.9 Å². The number of nitrogens with one attached hydrogen (secondary N) is 2. The van der Waals surface area contributed by atoms with Crippen LogP contribution in [0.3, 0.4) is 0 Å². The summed E-state index contributed by atoms with van der Waals surface area (Å²) in [7, 11) is 0.536. The second kappa shape index (κ2) is 8.85. The first-order chi connectivity index (χ1) is 9.90. The van der Waals surface area contributed by atoms with E-state index in [1.54, 1.807) is 6.07 Å². The maximum atomic E-state index is 12.2. The quantitative estimate of drug-likeness (QED) is 0.681. The molecule has 1 rings (SSSR count). The molecule has 0 spiro atoms. The number of sulfonamides is 1. The van der Waals surface area contributed by atoms with Crippen molar-refractivity contribution in [3.63, 3.8) is 0 Å². The fourth-order valence-corrected chi connectivity index (χ4v) is 4.27. The molecule has 0 aromatic carbocycles. The van der Waals surface area contributed by atoms with E-state index in [0.717, 1.165) is 24.3 Å². The molecule has 1 aromatic heterocycles.